The van der Waals surface area contributed by atoms with Gasteiger partial charge in [0.2, 0.25) is 5.91 Å². The summed E-state index contributed by atoms with van der Waals surface area (Å²) in [5.74, 6) is 2.06. The number of thioether (sulfide) groups is 1. The van der Waals surface area contributed by atoms with Crippen LogP contribution in [0.2, 0.25) is 5.15 Å². The van der Waals surface area contributed by atoms with Gasteiger partial charge in [-0.15, -0.1) is 0 Å². The number of carbonyl (C=O) groups is 1. The van der Waals surface area contributed by atoms with Gasteiger partial charge in [0.15, 0.2) is 5.16 Å². The zero-order valence-electron chi connectivity index (χ0n) is 18.4. The van der Waals surface area contributed by atoms with Gasteiger partial charge in [0.1, 0.15) is 16.7 Å². The molecule has 0 radical (unpaired) electrons. The third-order valence-corrected chi connectivity index (χ3v) is 6.10. The van der Waals surface area contributed by atoms with Gasteiger partial charge in [0.25, 0.3) is 0 Å². The molecule has 0 saturated carbocycles. The Hall–Kier alpha value is -2.19. The van der Waals surface area contributed by atoms with Crippen LogP contribution in [0.5, 0.6) is 5.75 Å². The highest BCUT2D eigenvalue weighted by molar-refractivity contribution is 7.99. The van der Waals surface area contributed by atoms with Gasteiger partial charge in [-0.25, -0.2) is 9.97 Å². The highest BCUT2D eigenvalue weighted by Crippen LogP contribution is 2.29. The van der Waals surface area contributed by atoms with Gasteiger partial charge < -0.3 is 19.4 Å². The summed E-state index contributed by atoms with van der Waals surface area (Å²) in [4.78, 5) is 27.8. The SMILES string of the molecule is CCCN(C)c1cc(Cl)nc(SCC(=O)N2CCN(c3ccccc3OCC)CC2)n1. The number of benzene rings is 1. The molecule has 0 bridgehead atoms. The lowest BCUT2D eigenvalue weighted by Crippen LogP contribution is -2.49. The van der Waals surface area contributed by atoms with E-state index in [0.717, 1.165) is 43.3 Å². The summed E-state index contributed by atoms with van der Waals surface area (Å²) in [6.45, 7) is 8.53. The predicted octanol–water partition coefficient (Wildman–Crippen LogP) is 3.82. The summed E-state index contributed by atoms with van der Waals surface area (Å²) in [5.41, 5.74) is 1.09. The Kier molecular flexibility index (Phi) is 8.66. The van der Waals surface area contributed by atoms with Crippen molar-refractivity contribution in [2.24, 2.45) is 0 Å². The lowest BCUT2D eigenvalue weighted by molar-refractivity contribution is -0.128. The Balaban J connectivity index is 1.54. The number of amides is 1. The number of rotatable bonds is 9. The molecule has 1 aromatic carbocycles. The van der Waals surface area contributed by atoms with Gasteiger partial charge in [-0.05, 0) is 25.5 Å². The minimum absolute atomic E-state index is 0.0924. The monoisotopic (exact) mass is 463 g/mol. The maximum Gasteiger partial charge on any atom is 0.233 e. The first kappa shape index (κ1) is 23.5. The summed E-state index contributed by atoms with van der Waals surface area (Å²) >= 11 is 7.50. The van der Waals surface area contributed by atoms with Crippen LogP contribution in [0, 0.1) is 0 Å². The van der Waals surface area contributed by atoms with Crippen LogP contribution in [0.25, 0.3) is 0 Å². The average molecular weight is 464 g/mol. The number of hydrogen-bond donors (Lipinski definition) is 0. The van der Waals surface area contributed by atoms with E-state index in [4.69, 9.17) is 16.3 Å². The summed E-state index contributed by atoms with van der Waals surface area (Å²) in [7, 11) is 1.98. The number of hydrogen-bond acceptors (Lipinski definition) is 7. The Labute approximate surface area is 193 Å². The van der Waals surface area contributed by atoms with Crippen molar-refractivity contribution >= 4 is 40.8 Å². The molecule has 3 rings (SSSR count). The van der Waals surface area contributed by atoms with Gasteiger partial charge in [0.05, 0.1) is 18.0 Å². The molecule has 2 heterocycles. The van der Waals surface area contributed by atoms with Crippen LogP contribution in [0.1, 0.15) is 20.3 Å². The molecule has 1 fully saturated rings. The molecule has 31 heavy (non-hydrogen) atoms. The summed E-state index contributed by atoms with van der Waals surface area (Å²) in [6.07, 6.45) is 1.01. The van der Waals surface area contributed by atoms with E-state index in [1.165, 1.54) is 11.8 Å². The van der Waals surface area contributed by atoms with Crippen LogP contribution in [0.15, 0.2) is 35.5 Å². The fourth-order valence-corrected chi connectivity index (χ4v) is 4.49. The molecule has 0 N–H and O–H groups in total. The van der Waals surface area contributed by atoms with Crippen LogP contribution >= 0.6 is 23.4 Å². The molecule has 1 amide bonds. The molecule has 1 aromatic heterocycles. The first-order valence-corrected chi connectivity index (χ1v) is 12.0. The number of carbonyl (C=O) groups excluding carboxylic acids is 1. The minimum Gasteiger partial charge on any atom is -0.492 e. The molecule has 9 heteroatoms. The minimum atomic E-state index is 0.0924. The van der Waals surface area contributed by atoms with Crippen molar-refractivity contribution in [3.8, 4) is 5.75 Å². The van der Waals surface area contributed by atoms with Gasteiger partial charge in [0, 0.05) is 45.8 Å². The summed E-state index contributed by atoms with van der Waals surface area (Å²) in [6, 6.07) is 9.81. The largest absolute Gasteiger partial charge is 0.492 e. The topological polar surface area (TPSA) is 61.8 Å². The van der Waals surface area contributed by atoms with Crippen LogP contribution < -0.4 is 14.5 Å². The second-order valence-electron chi connectivity index (χ2n) is 7.31. The van der Waals surface area contributed by atoms with E-state index in [2.05, 4.69) is 27.9 Å². The fourth-order valence-electron chi connectivity index (χ4n) is 3.51. The molecule has 168 valence electrons. The van der Waals surface area contributed by atoms with Gasteiger partial charge in [-0.2, -0.15) is 0 Å². The molecule has 1 saturated heterocycles. The number of piperazine rings is 1. The lowest BCUT2D eigenvalue weighted by atomic mass is 10.2. The van der Waals surface area contributed by atoms with Crippen LogP contribution in [-0.4, -0.2) is 72.9 Å². The number of aromatic nitrogens is 2. The Bertz CT molecular complexity index is 877. The number of halogens is 1. The maximum absolute atomic E-state index is 12.8. The van der Waals surface area contributed by atoms with Crippen LogP contribution in [0.3, 0.4) is 0 Å². The zero-order chi connectivity index (χ0) is 22.2. The van der Waals surface area contributed by atoms with Crippen molar-refractivity contribution in [3.63, 3.8) is 0 Å². The zero-order valence-corrected chi connectivity index (χ0v) is 20.0. The summed E-state index contributed by atoms with van der Waals surface area (Å²) in [5, 5.41) is 0.924. The molecule has 1 aliphatic heterocycles. The lowest BCUT2D eigenvalue weighted by Gasteiger charge is -2.36. The number of para-hydroxylation sites is 2. The molecule has 7 nitrogen and oxygen atoms in total. The van der Waals surface area contributed by atoms with Gasteiger partial charge in [-0.1, -0.05) is 42.4 Å². The second kappa shape index (κ2) is 11.4. The second-order valence-corrected chi connectivity index (χ2v) is 8.64. The normalized spacial score (nSPS) is 13.9. The van der Waals surface area contributed by atoms with Crippen LogP contribution in [0.4, 0.5) is 11.5 Å². The van der Waals surface area contributed by atoms with Crippen LogP contribution in [-0.2, 0) is 4.79 Å². The number of anilines is 2. The fraction of sp³-hybridized carbons (Fsp3) is 0.500. The molecule has 0 aliphatic carbocycles. The van der Waals surface area contributed by atoms with E-state index >= 15 is 0 Å². The standard InChI is InChI=1S/C22H30ClN5O2S/c1-4-10-26(3)20-15-19(23)24-22(25-20)31-16-21(29)28-13-11-27(12-14-28)17-8-6-7-9-18(17)30-5-2/h6-9,15H,4-5,10-14,16H2,1-3H3. The Morgan fingerprint density at radius 3 is 2.65 bits per heavy atom. The van der Waals surface area contributed by atoms with Gasteiger partial charge >= 0.3 is 0 Å². The van der Waals surface area contributed by atoms with E-state index < -0.39 is 0 Å². The Morgan fingerprint density at radius 2 is 1.94 bits per heavy atom. The number of ether oxygens (including phenoxy) is 1. The smallest absolute Gasteiger partial charge is 0.233 e. The molecule has 0 spiro atoms. The van der Waals surface area contributed by atoms with Crippen molar-refractivity contribution in [3.05, 3.63) is 35.5 Å². The van der Waals surface area contributed by atoms with Crippen molar-refractivity contribution < 1.29 is 9.53 Å². The third-order valence-electron chi connectivity index (χ3n) is 5.07. The van der Waals surface area contributed by atoms with Crippen molar-refractivity contribution in [2.75, 3.05) is 61.9 Å². The van der Waals surface area contributed by atoms with E-state index in [1.807, 2.05) is 42.0 Å². The first-order chi connectivity index (χ1) is 15.0. The van der Waals surface area contributed by atoms with Gasteiger partial charge in [-0.3, -0.25) is 4.79 Å². The van der Waals surface area contributed by atoms with E-state index in [-0.39, 0.29) is 5.91 Å². The molecule has 0 unspecified atom stereocenters. The molecular weight excluding hydrogens is 434 g/mol. The summed E-state index contributed by atoms with van der Waals surface area (Å²) < 4.78 is 5.75. The molecular formula is C22H30ClN5O2S. The van der Waals surface area contributed by atoms with Crippen molar-refractivity contribution in [1.82, 2.24) is 14.9 Å². The predicted molar refractivity (Wildman–Crippen MR) is 128 cm³/mol. The van der Waals surface area contributed by atoms with E-state index in [1.54, 1.807) is 6.07 Å². The molecule has 1 aliphatic rings. The van der Waals surface area contributed by atoms with Crippen molar-refractivity contribution in [1.29, 1.82) is 0 Å². The highest BCUT2D eigenvalue weighted by Gasteiger charge is 2.23. The van der Waals surface area contributed by atoms with E-state index in [9.17, 15) is 4.79 Å². The maximum atomic E-state index is 12.8. The Morgan fingerprint density at radius 1 is 1.19 bits per heavy atom. The highest BCUT2D eigenvalue weighted by atomic mass is 35.5. The number of nitrogens with zero attached hydrogens (tertiary/aromatic N) is 5. The first-order valence-electron chi connectivity index (χ1n) is 10.6. The van der Waals surface area contributed by atoms with E-state index in [0.29, 0.717) is 35.8 Å². The molecule has 2 aromatic rings. The third kappa shape index (κ3) is 6.40. The average Bonchev–Trinajstić information content (AvgIpc) is 2.78. The molecule has 0 atom stereocenters. The quantitative estimate of drug-likeness (QED) is 0.318. The van der Waals surface area contributed by atoms with Crippen molar-refractivity contribution in [2.45, 2.75) is 25.4 Å².